The molecular formula is C15H21N5O. The molecule has 2 amide bonds. The third kappa shape index (κ3) is 3.59. The lowest BCUT2D eigenvalue weighted by Gasteiger charge is -2.22. The Kier molecular flexibility index (Phi) is 4.57. The van der Waals surface area contributed by atoms with E-state index in [0.29, 0.717) is 12.4 Å². The summed E-state index contributed by atoms with van der Waals surface area (Å²) in [7, 11) is 1.73. The Morgan fingerprint density at radius 1 is 1.43 bits per heavy atom. The quantitative estimate of drug-likeness (QED) is 0.906. The Hall–Kier alpha value is -2.37. The van der Waals surface area contributed by atoms with Crippen LogP contribution in [0.4, 0.5) is 4.79 Å². The first-order valence-electron chi connectivity index (χ1n) is 6.91. The van der Waals surface area contributed by atoms with Crippen LogP contribution in [-0.2, 0) is 6.54 Å². The van der Waals surface area contributed by atoms with Crippen LogP contribution in [0.15, 0.2) is 24.5 Å². The number of carbonyl (C=O) groups is 1. The second kappa shape index (κ2) is 6.39. The van der Waals surface area contributed by atoms with E-state index in [1.54, 1.807) is 11.9 Å². The van der Waals surface area contributed by atoms with E-state index in [1.165, 1.54) is 17.5 Å². The number of carbonyl (C=O) groups excluding carboxylic acids is 1. The predicted octanol–water partition coefficient (Wildman–Crippen LogP) is 2.32. The molecule has 0 aliphatic carbocycles. The maximum Gasteiger partial charge on any atom is 0.318 e. The molecule has 2 N–H and O–H groups in total. The number of H-pyrrole nitrogens is 1. The van der Waals surface area contributed by atoms with Gasteiger partial charge in [-0.05, 0) is 37.5 Å². The van der Waals surface area contributed by atoms with Crippen molar-refractivity contribution in [2.24, 2.45) is 0 Å². The van der Waals surface area contributed by atoms with Crippen LogP contribution in [0.5, 0.6) is 0 Å². The van der Waals surface area contributed by atoms with E-state index < -0.39 is 0 Å². The molecule has 0 fully saturated rings. The molecule has 0 saturated carbocycles. The van der Waals surface area contributed by atoms with Gasteiger partial charge in [-0.3, -0.25) is 5.10 Å². The maximum atomic E-state index is 12.2. The number of aryl methyl sites for hydroxylation is 1. The van der Waals surface area contributed by atoms with E-state index in [1.807, 2.05) is 19.1 Å². The monoisotopic (exact) mass is 287 g/mol. The molecule has 1 aromatic heterocycles. The van der Waals surface area contributed by atoms with Crippen LogP contribution >= 0.6 is 0 Å². The summed E-state index contributed by atoms with van der Waals surface area (Å²) in [4.78, 5) is 17.8. The Labute approximate surface area is 124 Å². The molecule has 0 radical (unpaired) electrons. The molecular weight excluding hydrogens is 266 g/mol. The largest absolute Gasteiger partial charge is 0.331 e. The van der Waals surface area contributed by atoms with Gasteiger partial charge in [-0.2, -0.15) is 5.10 Å². The molecule has 0 aliphatic heterocycles. The Balaban J connectivity index is 2.00. The van der Waals surface area contributed by atoms with Crippen LogP contribution in [0.3, 0.4) is 0 Å². The molecule has 6 heteroatoms. The van der Waals surface area contributed by atoms with Gasteiger partial charge in [-0.25, -0.2) is 9.78 Å². The SMILES string of the molecule is Cc1cccc(C(C)NC(=O)N(C)Cc2ncn[nH]2)c1C. The molecule has 0 saturated heterocycles. The van der Waals surface area contributed by atoms with Crippen molar-refractivity contribution in [3.63, 3.8) is 0 Å². The second-order valence-corrected chi connectivity index (χ2v) is 5.25. The number of aromatic nitrogens is 3. The molecule has 1 heterocycles. The van der Waals surface area contributed by atoms with E-state index in [0.717, 1.165) is 5.56 Å². The average Bonchev–Trinajstić information content (AvgIpc) is 2.94. The van der Waals surface area contributed by atoms with Crippen molar-refractivity contribution >= 4 is 6.03 Å². The molecule has 1 unspecified atom stereocenters. The van der Waals surface area contributed by atoms with E-state index in [4.69, 9.17) is 0 Å². The second-order valence-electron chi connectivity index (χ2n) is 5.25. The zero-order chi connectivity index (χ0) is 15.4. The minimum Gasteiger partial charge on any atom is -0.331 e. The molecule has 0 bridgehead atoms. The third-order valence-corrected chi connectivity index (χ3v) is 3.65. The highest BCUT2D eigenvalue weighted by molar-refractivity contribution is 5.74. The summed E-state index contributed by atoms with van der Waals surface area (Å²) >= 11 is 0. The standard InChI is InChI=1S/C15H21N5O/c1-10-6-5-7-13(11(10)2)12(3)18-15(21)20(4)8-14-16-9-17-19-14/h5-7,9,12H,8H2,1-4H3,(H,18,21)(H,16,17,19). The molecule has 2 rings (SSSR count). The maximum absolute atomic E-state index is 12.2. The summed E-state index contributed by atoms with van der Waals surface area (Å²) in [6.07, 6.45) is 1.43. The fourth-order valence-electron chi connectivity index (χ4n) is 2.22. The highest BCUT2D eigenvalue weighted by Crippen LogP contribution is 2.20. The minimum atomic E-state index is -0.139. The van der Waals surface area contributed by atoms with E-state index >= 15 is 0 Å². The van der Waals surface area contributed by atoms with E-state index in [-0.39, 0.29) is 12.1 Å². The summed E-state index contributed by atoms with van der Waals surface area (Å²) in [5.74, 6) is 0.659. The van der Waals surface area contributed by atoms with Crippen LogP contribution in [-0.4, -0.2) is 33.2 Å². The van der Waals surface area contributed by atoms with Crippen LogP contribution < -0.4 is 5.32 Å². The number of nitrogens with one attached hydrogen (secondary N) is 2. The summed E-state index contributed by atoms with van der Waals surface area (Å²) in [6.45, 7) is 6.53. The van der Waals surface area contributed by atoms with Crippen molar-refractivity contribution in [3.05, 3.63) is 47.0 Å². The normalized spacial score (nSPS) is 12.0. The fourth-order valence-corrected chi connectivity index (χ4v) is 2.22. The number of rotatable bonds is 4. The molecule has 1 aromatic carbocycles. The Morgan fingerprint density at radius 2 is 2.19 bits per heavy atom. The van der Waals surface area contributed by atoms with Gasteiger partial charge in [0.1, 0.15) is 12.2 Å². The van der Waals surface area contributed by atoms with Gasteiger partial charge >= 0.3 is 6.03 Å². The van der Waals surface area contributed by atoms with Gasteiger partial charge in [-0.1, -0.05) is 18.2 Å². The number of amides is 2. The van der Waals surface area contributed by atoms with Crippen LogP contribution in [0.1, 0.15) is 35.5 Å². The number of urea groups is 1. The van der Waals surface area contributed by atoms with Gasteiger partial charge in [0.25, 0.3) is 0 Å². The summed E-state index contributed by atoms with van der Waals surface area (Å²) in [5.41, 5.74) is 3.57. The Morgan fingerprint density at radius 3 is 2.86 bits per heavy atom. The highest BCUT2D eigenvalue weighted by atomic mass is 16.2. The molecule has 0 aliphatic rings. The first-order valence-corrected chi connectivity index (χ1v) is 6.91. The molecule has 112 valence electrons. The molecule has 21 heavy (non-hydrogen) atoms. The number of hydrogen-bond donors (Lipinski definition) is 2. The molecule has 2 aromatic rings. The van der Waals surface area contributed by atoms with Crippen LogP contribution in [0, 0.1) is 13.8 Å². The van der Waals surface area contributed by atoms with Crippen LogP contribution in [0.2, 0.25) is 0 Å². The first kappa shape index (κ1) is 15.0. The minimum absolute atomic E-state index is 0.0467. The molecule has 6 nitrogen and oxygen atoms in total. The summed E-state index contributed by atoms with van der Waals surface area (Å²) in [6, 6.07) is 5.94. The lowest BCUT2D eigenvalue weighted by Crippen LogP contribution is -2.38. The topological polar surface area (TPSA) is 73.9 Å². The van der Waals surface area contributed by atoms with Gasteiger partial charge < -0.3 is 10.2 Å². The lowest BCUT2D eigenvalue weighted by atomic mass is 9.98. The summed E-state index contributed by atoms with van der Waals surface area (Å²) in [5, 5.41) is 9.51. The number of hydrogen-bond acceptors (Lipinski definition) is 3. The molecule has 0 spiro atoms. The van der Waals surface area contributed by atoms with E-state index in [2.05, 4.69) is 40.4 Å². The van der Waals surface area contributed by atoms with Gasteiger partial charge in [0.2, 0.25) is 0 Å². The fraction of sp³-hybridized carbons (Fsp3) is 0.400. The van der Waals surface area contributed by atoms with Gasteiger partial charge in [0, 0.05) is 7.05 Å². The van der Waals surface area contributed by atoms with Crippen molar-refractivity contribution in [3.8, 4) is 0 Å². The van der Waals surface area contributed by atoms with Gasteiger partial charge in [0.05, 0.1) is 12.6 Å². The van der Waals surface area contributed by atoms with Crippen molar-refractivity contribution in [1.29, 1.82) is 0 Å². The average molecular weight is 287 g/mol. The third-order valence-electron chi connectivity index (χ3n) is 3.65. The van der Waals surface area contributed by atoms with Gasteiger partial charge in [0.15, 0.2) is 0 Å². The lowest BCUT2D eigenvalue weighted by molar-refractivity contribution is 0.202. The zero-order valence-electron chi connectivity index (χ0n) is 12.8. The molecule has 1 atom stereocenters. The van der Waals surface area contributed by atoms with E-state index in [9.17, 15) is 4.79 Å². The van der Waals surface area contributed by atoms with Crippen LogP contribution in [0.25, 0.3) is 0 Å². The van der Waals surface area contributed by atoms with Gasteiger partial charge in [-0.15, -0.1) is 0 Å². The van der Waals surface area contributed by atoms with Crippen molar-refractivity contribution in [2.45, 2.75) is 33.4 Å². The number of benzene rings is 1. The smallest absolute Gasteiger partial charge is 0.318 e. The highest BCUT2D eigenvalue weighted by Gasteiger charge is 2.16. The predicted molar refractivity (Wildman–Crippen MR) is 80.7 cm³/mol. The summed E-state index contributed by atoms with van der Waals surface area (Å²) < 4.78 is 0. The number of nitrogens with zero attached hydrogens (tertiary/aromatic N) is 3. The zero-order valence-corrected chi connectivity index (χ0v) is 12.8. The van der Waals surface area contributed by atoms with Crippen molar-refractivity contribution < 1.29 is 4.79 Å². The number of aromatic amines is 1. The Bertz CT molecular complexity index is 609. The van der Waals surface area contributed by atoms with Crippen molar-refractivity contribution in [2.75, 3.05) is 7.05 Å². The van der Waals surface area contributed by atoms with Crippen molar-refractivity contribution in [1.82, 2.24) is 25.4 Å². The first-order chi connectivity index (χ1) is 9.99.